The number of carbonyl (C=O) groups is 1. The Labute approximate surface area is 135 Å². The molecule has 0 spiro atoms. The molecule has 0 radical (unpaired) electrons. The summed E-state index contributed by atoms with van der Waals surface area (Å²) in [5, 5.41) is 2.74. The minimum atomic E-state index is -4.14. The highest BCUT2D eigenvalue weighted by atomic mass is 79.9. The Morgan fingerprint density at radius 1 is 1.52 bits per heavy atom. The Kier molecular flexibility index (Phi) is 4.95. The highest BCUT2D eigenvalue weighted by Gasteiger charge is 2.26. The summed E-state index contributed by atoms with van der Waals surface area (Å²) in [5.41, 5.74) is -0.0862. The van der Waals surface area contributed by atoms with Crippen molar-refractivity contribution in [3.05, 3.63) is 28.0 Å². The van der Waals surface area contributed by atoms with Gasteiger partial charge in [0.1, 0.15) is 10.7 Å². The SMILES string of the molecule is CC(CC1CC1)NC(=O)c1cc(F)cc(S(=O)(=O)Cl)c1Br. The minimum Gasteiger partial charge on any atom is -0.350 e. The van der Waals surface area contributed by atoms with Gasteiger partial charge >= 0.3 is 0 Å². The fourth-order valence-electron chi connectivity index (χ4n) is 2.12. The van der Waals surface area contributed by atoms with Crippen LogP contribution in [0.4, 0.5) is 4.39 Å². The maximum Gasteiger partial charge on any atom is 0.262 e. The van der Waals surface area contributed by atoms with Gasteiger partial charge in [-0.3, -0.25) is 4.79 Å². The Bertz CT molecular complexity index is 676. The largest absolute Gasteiger partial charge is 0.350 e. The molecule has 0 saturated heterocycles. The van der Waals surface area contributed by atoms with Crippen molar-refractivity contribution < 1.29 is 17.6 Å². The molecule has 1 atom stereocenters. The number of hydrogen-bond donors (Lipinski definition) is 1. The number of rotatable bonds is 5. The van der Waals surface area contributed by atoms with Crippen LogP contribution in [0.1, 0.15) is 36.5 Å². The average Bonchev–Trinajstić information content (AvgIpc) is 3.13. The molecule has 1 N–H and O–H groups in total. The third-order valence-corrected chi connectivity index (χ3v) is 5.74. The van der Waals surface area contributed by atoms with Crippen molar-refractivity contribution in [2.45, 2.75) is 37.1 Å². The van der Waals surface area contributed by atoms with Gasteiger partial charge in [-0.25, -0.2) is 12.8 Å². The minimum absolute atomic E-state index is 0.0324. The van der Waals surface area contributed by atoms with E-state index in [0.29, 0.717) is 5.92 Å². The van der Waals surface area contributed by atoms with Crippen LogP contribution in [0.3, 0.4) is 0 Å². The van der Waals surface area contributed by atoms with Crippen LogP contribution in [0.5, 0.6) is 0 Å². The van der Waals surface area contributed by atoms with E-state index in [0.717, 1.165) is 18.6 Å². The highest BCUT2D eigenvalue weighted by molar-refractivity contribution is 9.10. The van der Waals surface area contributed by atoms with Crippen molar-refractivity contribution in [2.75, 3.05) is 0 Å². The summed E-state index contributed by atoms with van der Waals surface area (Å²) >= 11 is 3.01. The third-order valence-electron chi connectivity index (χ3n) is 3.27. The van der Waals surface area contributed by atoms with Crippen LogP contribution in [-0.4, -0.2) is 20.4 Å². The molecule has 1 aliphatic rings. The maximum atomic E-state index is 13.5. The van der Waals surface area contributed by atoms with Crippen molar-refractivity contribution in [3.63, 3.8) is 0 Å². The van der Waals surface area contributed by atoms with Gasteiger partial charge in [0.05, 0.1) is 10.0 Å². The van der Waals surface area contributed by atoms with E-state index < -0.39 is 25.7 Å². The number of amides is 1. The van der Waals surface area contributed by atoms with Crippen LogP contribution in [0.25, 0.3) is 0 Å². The number of nitrogens with one attached hydrogen (secondary N) is 1. The fraction of sp³-hybridized carbons (Fsp3) is 0.462. The smallest absolute Gasteiger partial charge is 0.262 e. The lowest BCUT2D eigenvalue weighted by Gasteiger charge is -2.15. The monoisotopic (exact) mass is 397 g/mol. The molecule has 1 aromatic carbocycles. The summed E-state index contributed by atoms with van der Waals surface area (Å²) < 4.78 is 36.3. The van der Waals surface area contributed by atoms with Gasteiger partial charge in [0.15, 0.2) is 0 Å². The van der Waals surface area contributed by atoms with E-state index in [1.165, 1.54) is 12.8 Å². The lowest BCUT2D eigenvalue weighted by molar-refractivity contribution is 0.0936. The summed E-state index contributed by atoms with van der Waals surface area (Å²) in [6.45, 7) is 1.86. The van der Waals surface area contributed by atoms with Crippen molar-refractivity contribution in [1.29, 1.82) is 0 Å². The molecule has 8 heteroatoms. The van der Waals surface area contributed by atoms with Crippen molar-refractivity contribution in [3.8, 4) is 0 Å². The lowest BCUT2D eigenvalue weighted by atomic mass is 10.1. The molecule has 4 nitrogen and oxygen atoms in total. The Hall–Kier alpha value is -0.660. The molecule has 1 fully saturated rings. The van der Waals surface area contributed by atoms with E-state index in [1.807, 2.05) is 6.92 Å². The first kappa shape index (κ1) is 16.7. The normalized spacial score (nSPS) is 16.6. The predicted octanol–water partition coefficient (Wildman–Crippen LogP) is 3.43. The fourth-order valence-corrected chi connectivity index (χ4v) is 4.39. The van der Waals surface area contributed by atoms with Crippen LogP contribution in [0, 0.1) is 11.7 Å². The number of benzene rings is 1. The first-order valence-electron chi connectivity index (χ1n) is 6.43. The maximum absolute atomic E-state index is 13.5. The molecule has 1 aromatic rings. The van der Waals surface area contributed by atoms with Gasteiger partial charge in [-0.1, -0.05) is 12.8 Å². The second kappa shape index (κ2) is 6.22. The van der Waals surface area contributed by atoms with E-state index in [9.17, 15) is 17.6 Å². The molecule has 0 bridgehead atoms. The first-order valence-corrected chi connectivity index (χ1v) is 9.53. The van der Waals surface area contributed by atoms with E-state index in [1.54, 1.807) is 0 Å². The van der Waals surface area contributed by atoms with Gasteiger partial charge in [-0.15, -0.1) is 0 Å². The van der Waals surface area contributed by atoms with E-state index in [4.69, 9.17) is 10.7 Å². The Morgan fingerprint density at radius 3 is 2.67 bits per heavy atom. The number of halogens is 3. The molecule has 21 heavy (non-hydrogen) atoms. The van der Waals surface area contributed by atoms with E-state index in [2.05, 4.69) is 21.2 Å². The van der Waals surface area contributed by atoms with Gasteiger partial charge in [-0.05, 0) is 47.3 Å². The predicted molar refractivity (Wildman–Crippen MR) is 81.4 cm³/mol. The van der Waals surface area contributed by atoms with Crippen molar-refractivity contribution in [2.24, 2.45) is 5.92 Å². The Balaban J connectivity index is 2.25. The van der Waals surface area contributed by atoms with E-state index in [-0.39, 0.29) is 16.1 Å². The van der Waals surface area contributed by atoms with Crippen LogP contribution >= 0.6 is 26.6 Å². The van der Waals surface area contributed by atoms with Gasteiger partial charge in [-0.2, -0.15) is 0 Å². The van der Waals surface area contributed by atoms with Crippen LogP contribution in [0.15, 0.2) is 21.5 Å². The molecule has 0 aromatic heterocycles. The van der Waals surface area contributed by atoms with Crippen molar-refractivity contribution >= 4 is 41.6 Å². The van der Waals surface area contributed by atoms with Gasteiger partial charge in [0.2, 0.25) is 0 Å². The lowest BCUT2D eigenvalue weighted by Crippen LogP contribution is -2.33. The second-order valence-electron chi connectivity index (χ2n) is 5.26. The zero-order chi connectivity index (χ0) is 15.8. The molecule has 2 rings (SSSR count). The van der Waals surface area contributed by atoms with Crippen LogP contribution in [0.2, 0.25) is 0 Å². The molecular weight excluding hydrogens is 385 g/mol. The van der Waals surface area contributed by atoms with Gasteiger partial charge < -0.3 is 5.32 Å². The summed E-state index contributed by atoms with van der Waals surface area (Å²) in [5.74, 6) is -0.733. The molecule has 0 heterocycles. The summed E-state index contributed by atoms with van der Waals surface area (Å²) in [7, 11) is 1.10. The van der Waals surface area contributed by atoms with Gasteiger partial charge in [0.25, 0.3) is 15.0 Å². The average molecular weight is 399 g/mol. The molecule has 1 unspecified atom stereocenters. The van der Waals surface area contributed by atoms with Crippen LogP contribution < -0.4 is 5.32 Å². The molecule has 1 aliphatic carbocycles. The zero-order valence-electron chi connectivity index (χ0n) is 11.2. The third kappa shape index (κ3) is 4.40. The number of hydrogen-bond acceptors (Lipinski definition) is 3. The zero-order valence-corrected chi connectivity index (χ0v) is 14.4. The first-order chi connectivity index (χ1) is 9.68. The molecule has 116 valence electrons. The van der Waals surface area contributed by atoms with Crippen molar-refractivity contribution in [1.82, 2.24) is 5.32 Å². The second-order valence-corrected chi connectivity index (χ2v) is 8.58. The topological polar surface area (TPSA) is 63.2 Å². The number of carbonyl (C=O) groups excluding carboxylic acids is 1. The highest BCUT2D eigenvalue weighted by Crippen LogP contribution is 2.34. The summed E-state index contributed by atoms with van der Waals surface area (Å²) in [4.78, 5) is 11.7. The molecule has 1 saturated carbocycles. The Morgan fingerprint density at radius 2 is 2.14 bits per heavy atom. The van der Waals surface area contributed by atoms with E-state index >= 15 is 0 Å². The standard InChI is InChI=1S/C13H14BrClFNO3S/c1-7(4-8-2-3-8)17-13(18)10-5-9(16)6-11(12(10)14)21(15,19)20/h5-8H,2-4H2,1H3,(H,17,18). The molecule has 1 amide bonds. The van der Waals surface area contributed by atoms with Gasteiger partial charge in [0, 0.05) is 16.7 Å². The summed E-state index contributed by atoms with van der Waals surface area (Å²) in [6.07, 6.45) is 3.19. The molecular formula is C13H14BrClFNO3S. The molecule has 0 aliphatic heterocycles. The van der Waals surface area contributed by atoms with Crippen LogP contribution in [-0.2, 0) is 9.05 Å². The summed E-state index contributed by atoms with van der Waals surface area (Å²) in [6, 6.07) is 1.70. The quantitative estimate of drug-likeness (QED) is 0.773.